The van der Waals surface area contributed by atoms with E-state index in [4.69, 9.17) is 4.74 Å². The van der Waals surface area contributed by atoms with E-state index in [2.05, 4.69) is 36.2 Å². The second kappa shape index (κ2) is 8.56. The number of ether oxygens (including phenoxy) is 1. The Labute approximate surface area is 151 Å². The summed E-state index contributed by atoms with van der Waals surface area (Å²) in [6, 6.07) is 8.78. The van der Waals surface area contributed by atoms with Crippen LogP contribution in [0.2, 0.25) is 0 Å². The summed E-state index contributed by atoms with van der Waals surface area (Å²) in [5.41, 5.74) is 1.22. The summed E-state index contributed by atoms with van der Waals surface area (Å²) in [6.07, 6.45) is 4.95. The number of urea groups is 1. The van der Waals surface area contributed by atoms with E-state index >= 15 is 0 Å². The molecular formula is C20H31N3O2. The Morgan fingerprint density at radius 2 is 1.84 bits per heavy atom. The molecule has 1 aromatic carbocycles. The van der Waals surface area contributed by atoms with E-state index in [1.165, 1.54) is 18.4 Å². The number of hydrogen-bond donors (Lipinski definition) is 1. The zero-order valence-corrected chi connectivity index (χ0v) is 15.5. The number of piperazine rings is 1. The Morgan fingerprint density at radius 1 is 1.16 bits per heavy atom. The predicted octanol–water partition coefficient (Wildman–Crippen LogP) is 3.24. The van der Waals surface area contributed by atoms with Gasteiger partial charge in [0, 0.05) is 44.3 Å². The normalized spacial score (nSPS) is 19.4. The molecule has 5 heteroatoms. The van der Waals surface area contributed by atoms with E-state index in [1.54, 1.807) is 0 Å². The fourth-order valence-electron chi connectivity index (χ4n) is 3.69. The smallest absolute Gasteiger partial charge is 0.317 e. The number of rotatable bonds is 5. The Kier molecular flexibility index (Phi) is 6.19. The third-order valence-corrected chi connectivity index (χ3v) is 5.07. The molecule has 0 unspecified atom stereocenters. The molecule has 0 atom stereocenters. The van der Waals surface area contributed by atoms with Crippen LogP contribution < -0.4 is 10.1 Å². The molecule has 1 aromatic rings. The molecule has 2 aliphatic rings. The molecule has 0 spiro atoms. The summed E-state index contributed by atoms with van der Waals surface area (Å²) in [4.78, 5) is 16.7. The van der Waals surface area contributed by atoms with Gasteiger partial charge in [-0.2, -0.15) is 0 Å². The van der Waals surface area contributed by atoms with Crippen LogP contribution >= 0.6 is 0 Å². The van der Waals surface area contributed by atoms with Crippen molar-refractivity contribution < 1.29 is 9.53 Å². The highest BCUT2D eigenvalue weighted by atomic mass is 16.5. The quantitative estimate of drug-likeness (QED) is 0.891. The molecular weight excluding hydrogens is 314 g/mol. The van der Waals surface area contributed by atoms with Gasteiger partial charge >= 0.3 is 6.03 Å². The van der Waals surface area contributed by atoms with Crippen molar-refractivity contribution in [2.45, 2.75) is 58.2 Å². The van der Waals surface area contributed by atoms with Crippen molar-refractivity contribution in [3.8, 4) is 5.75 Å². The highest BCUT2D eigenvalue weighted by Crippen LogP contribution is 2.22. The highest BCUT2D eigenvalue weighted by Gasteiger charge is 2.24. The van der Waals surface area contributed by atoms with Crippen molar-refractivity contribution in [2.24, 2.45) is 0 Å². The number of nitrogens with zero attached hydrogens (tertiary/aromatic N) is 2. The van der Waals surface area contributed by atoms with Crippen molar-refractivity contribution in [1.82, 2.24) is 15.1 Å². The fraction of sp³-hybridized carbons (Fsp3) is 0.650. The van der Waals surface area contributed by atoms with Crippen molar-refractivity contribution in [1.29, 1.82) is 0 Å². The molecule has 5 nitrogen and oxygen atoms in total. The monoisotopic (exact) mass is 345 g/mol. The highest BCUT2D eigenvalue weighted by molar-refractivity contribution is 5.74. The maximum Gasteiger partial charge on any atom is 0.317 e. The molecule has 2 amide bonds. The molecule has 0 bridgehead atoms. The van der Waals surface area contributed by atoms with E-state index in [-0.39, 0.29) is 12.1 Å². The van der Waals surface area contributed by atoms with Gasteiger partial charge in [-0.05, 0) is 32.8 Å². The van der Waals surface area contributed by atoms with Crippen molar-refractivity contribution in [3.05, 3.63) is 29.8 Å². The van der Waals surface area contributed by atoms with E-state index in [1.807, 2.05) is 17.0 Å². The van der Waals surface area contributed by atoms with Gasteiger partial charge in [0.25, 0.3) is 0 Å². The van der Waals surface area contributed by atoms with E-state index < -0.39 is 0 Å². The Balaban J connectivity index is 1.48. The number of carbonyl (C=O) groups is 1. The van der Waals surface area contributed by atoms with Gasteiger partial charge in [0.1, 0.15) is 5.75 Å². The number of hydrogen-bond acceptors (Lipinski definition) is 3. The molecule has 1 saturated heterocycles. The molecule has 138 valence electrons. The average Bonchev–Trinajstić information content (AvgIpc) is 3.10. The second-order valence-electron chi connectivity index (χ2n) is 7.47. The van der Waals surface area contributed by atoms with E-state index in [0.717, 1.165) is 51.3 Å². The minimum Gasteiger partial charge on any atom is -0.491 e. The van der Waals surface area contributed by atoms with Crippen LogP contribution in [0.25, 0.3) is 0 Å². The van der Waals surface area contributed by atoms with Crippen LogP contribution in [0.4, 0.5) is 4.79 Å². The van der Waals surface area contributed by atoms with Gasteiger partial charge in [-0.25, -0.2) is 4.79 Å². The van der Waals surface area contributed by atoms with E-state index in [0.29, 0.717) is 6.04 Å². The first-order valence-corrected chi connectivity index (χ1v) is 9.64. The molecule has 0 radical (unpaired) electrons. The maximum absolute atomic E-state index is 12.4. The minimum absolute atomic E-state index is 0.120. The van der Waals surface area contributed by atoms with Crippen LogP contribution in [0.15, 0.2) is 24.3 Å². The molecule has 25 heavy (non-hydrogen) atoms. The Hall–Kier alpha value is -1.75. The summed E-state index contributed by atoms with van der Waals surface area (Å²) < 4.78 is 5.92. The molecule has 1 aliphatic carbocycles. The molecule has 1 aliphatic heterocycles. The molecule has 1 heterocycles. The Bertz CT molecular complexity index is 562. The molecule has 1 saturated carbocycles. The lowest BCUT2D eigenvalue weighted by atomic mass is 10.1. The van der Waals surface area contributed by atoms with Gasteiger partial charge in [-0.3, -0.25) is 4.90 Å². The molecule has 0 aromatic heterocycles. The maximum atomic E-state index is 12.4. The number of benzene rings is 1. The first-order chi connectivity index (χ1) is 12.1. The van der Waals surface area contributed by atoms with Gasteiger partial charge in [0.15, 0.2) is 0 Å². The zero-order chi connectivity index (χ0) is 17.6. The van der Waals surface area contributed by atoms with Crippen LogP contribution in [-0.2, 0) is 6.54 Å². The Morgan fingerprint density at radius 3 is 2.52 bits per heavy atom. The first-order valence-electron chi connectivity index (χ1n) is 9.64. The number of para-hydroxylation sites is 1. The molecule has 2 fully saturated rings. The molecule has 3 rings (SSSR count). The molecule has 1 N–H and O–H groups in total. The van der Waals surface area contributed by atoms with Crippen molar-refractivity contribution in [3.63, 3.8) is 0 Å². The summed E-state index contributed by atoms with van der Waals surface area (Å²) >= 11 is 0. The minimum atomic E-state index is 0.120. The van der Waals surface area contributed by atoms with Crippen LogP contribution in [-0.4, -0.2) is 54.2 Å². The SMILES string of the molecule is CC(C)Oc1ccccc1CN1CCN(C(=O)NC2CCCC2)CC1. The van der Waals surface area contributed by atoms with E-state index in [9.17, 15) is 4.79 Å². The van der Waals surface area contributed by atoms with Gasteiger partial charge < -0.3 is 15.0 Å². The summed E-state index contributed by atoms with van der Waals surface area (Å²) in [7, 11) is 0. The number of carbonyl (C=O) groups excluding carboxylic acids is 1. The number of amides is 2. The van der Waals surface area contributed by atoms with Crippen LogP contribution in [0, 0.1) is 0 Å². The van der Waals surface area contributed by atoms with Crippen LogP contribution in [0.5, 0.6) is 5.75 Å². The van der Waals surface area contributed by atoms with Crippen LogP contribution in [0.1, 0.15) is 45.1 Å². The number of nitrogens with one attached hydrogen (secondary N) is 1. The van der Waals surface area contributed by atoms with Crippen LogP contribution in [0.3, 0.4) is 0 Å². The third kappa shape index (κ3) is 5.11. The zero-order valence-electron chi connectivity index (χ0n) is 15.5. The summed E-state index contributed by atoms with van der Waals surface area (Å²) in [6.45, 7) is 8.40. The lowest BCUT2D eigenvalue weighted by Crippen LogP contribution is -2.52. The summed E-state index contributed by atoms with van der Waals surface area (Å²) in [5, 5.41) is 3.19. The predicted molar refractivity (Wildman–Crippen MR) is 99.8 cm³/mol. The van der Waals surface area contributed by atoms with Crippen molar-refractivity contribution in [2.75, 3.05) is 26.2 Å². The van der Waals surface area contributed by atoms with Gasteiger partial charge in [-0.1, -0.05) is 31.0 Å². The summed E-state index contributed by atoms with van der Waals surface area (Å²) in [5.74, 6) is 0.971. The lowest BCUT2D eigenvalue weighted by Gasteiger charge is -2.35. The standard InChI is InChI=1S/C20H31N3O2/c1-16(2)25-19-10-6-3-7-17(19)15-22-11-13-23(14-12-22)20(24)21-18-8-4-5-9-18/h3,6-7,10,16,18H,4-5,8-9,11-15H2,1-2H3,(H,21,24). The third-order valence-electron chi connectivity index (χ3n) is 5.07. The second-order valence-corrected chi connectivity index (χ2v) is 7.47. The first kappa shape index (κ1) is 18.1. The van der Waals surface area contributed by atoms with Gasteiger partial charge in [0.2, 0.25) is 0 Å². The average molecular weight is 345 g/mol. The topological polar surface area (TPSA) is 44.8 Å². The largest absolute Gasteiger partial charge is 0.491 e. The fourth-order valence-corrected chi connectivity index (χ4v) is 3.69. The lowest BCUT2D eigenvalue weighted by molar-refractivity contribution is 0.132. The van der Waals surface area contributed by atoms with Gasteiger partial charge in [0.05, 0.1) is 6.10 Å². The van der Waals surface area contributed by atoms with Crippen molar-refractivity contribution >= 4 is 6.03 Å². The van der Waals surface area contributed by atoms with Gasteiger partial charge in [-0.15, -0.1) is 0 Å².